The minimum Gasteiger partial charge on any atom is -0.385 e. The van der Waals surface area contributed by atoms with Crippen LogP contribution in [0.2, 0.25) is 5.02 Å². The maximum Gasteiger partial charge on any atom is 0.325 e. The number of nitrogens with one attached hydrogen (secondary N) is 1. The van der Waals surface area contributed by atoms with Gasteiger partial charge in [0.15, 0.2) is 0 Å². The van der Waals surface area contributed by atoms with Gasteiger partial charge in [-0.05, 0) is 24.6 Å². The van der Waals surface area contributed by atoms with Crippen LogP contribution in [0, 0.1) is 0 Å². The fourth-order valence-electron chi connectivity index (χ4n) is 2.29. The van der Waals surface area contributed by atoms with E-state index in [1.807, 2.05) is 6.07 Å². The largest absolute Gasteiger partial charge is 0.385 e. The number of rotatable bonds is 7. The van der Waals surface area contributed by atoms with Crippen molar-refractivity contribution >= 4 is 29.2 Å². The molecule has 2 rings (SSSR count). The molecule has 1 aromatic rings. The lowest BCUT2D eigenvalue weighted by atomic mass is 10.3. The minimum absolute atomic E-state index is 0.0723. The van der Waals surface area contributed by atoms with Gasteiger partial charge in [0.25, 0.3) is 0 Å². The second kappa shape index (κ2) is 8.00. The van der Waals surface area contributed by atoms with E-state index in [9.17, 15) is 9.59 Å². The molecule has 0 radical (unpaired) electrons. The number of hydrogen-bond acceptors (Lipinski definition) is 3. The van der Waals surface area contributed by atoms with E-state index in [-0.39, 0.29) is 18.5 Å². The molecule has 1 N–H and O–H groups in total. The van der Waals surface area contributed by atoms with Crippen molar-refractivity contribution in [3.8, 4) is 0 Å². The summed E-state index contributed by atoms with van der Waals surface area (Å²) in [4.78, 5) is 27.3. The van der Waals surface area contributed by atoms with Crippen LogP contribution in [0.1, 0.15) is 6.42 Å². The number of carbonyl (C=O) groups is 2. The van der Waals surface area contributed by atoms with Gasteiger partial charge in [0, 0.05) is 44.1 Å². The Morgan fingerprint density at radius 2 is 2.23 bits per heavy atom. The molecule has 1 aliphatic heterocycles. The van der Waals surface area contributed by atoms with Crippen molar-refractivity contribution in [2.24, 2.45) is 0 Å². The summed E-state index contributed by atoms with van der Waals surface area (Å²) in [7, 11) is 1.62. The number of methoxy groups -OCH3 is 1. The van der Waals surface area contributed by atoms with Gasteiger partial charge in [-0.25, -0.2) is 4.79 Å². The predicted molar refractivity (Wildman–Crippen MR) is 85.3 cm³/mol. The van der Waals surface area contributed by atoms with Gasteiger partial charge >= 0.3 is 6.03 Å². The summed E-state index contributed by atoms with van der Waals surface area (Å²) in [6.45, 7) is 2.30. The summed E-state index contributed by atoms with van der Waals surface area (Å²) >= 11 is 5.95. The van der Waals surface area contributed by atoms with Crippen molar-refractivity contribution in [2.45, 2.75) is 6.42 Å². The normalized spacial score (nSPS) is 14.5. The van der Waals surface area contributed by atoms with Crippen molar-refractivity contribution in [3.05, 3.63) is 29.3 Å². The first-order valence-electron chi connectivity index (χ1n) is 7.19. The second-order valence-electron chi connectivity index (χ2n) is 5.03. The van der Waals surface area contributed by atoms with Crippen LogP contribution in [-0.2, 0) is 9.53 Å². The number of nitrogens with zero attached hydrogens (tertiary/aromatic N) is 2. The van der Waals surface area contributed by atoms with E-state index in [2.05, 4.69) is 5.32 Å². The highest BCUT2D eigenvalue weighted by atomic mass is 35.5. The van der Waals surface area contributed by atoms with Crippen LogP contribution >= 0.6 is 11.6 Å². The molecule has 6 nitrogen and oxygen atoms in total. The molecule has 1 fully saturated rings. The van der Waals surface area contributed by atoms with Gasteiger partial charge in [-0.1, -0.05) is 17.7 Å². The predicted octanol–water partition coefficient (Wildman–Crippen LogP) is 1.73. The molecule has 0 unspecified atom stereocenters. The van der Waals surface area contributed by atoms with E-state index in [1.165, 1.54) is 4.90 Å². The molecule has 1 aromatic carbocycles. The lowest BCUT2D eigenvalue weighted by Crippen LogP contribution is -2.40. The van der Waals surface area contributed by atoms with E-state index in [4.69, 9.17) is 16.3 Å². The van der Waals surface area contributed by atoms with Crippen LogP contribution in [-0.4, -0.2) is 56.7 Å². The highest BCUT2D eigenvalue weighted by Crippen LogP contribution is 2.23. The van der Waals surface area contributed by atoms with E-state index >= 15 is 0 Å². The third-order valence-electron chi connectivity index (χ3n) is 3.40. The Balaban J connectivity index is 1.85. The number of hydrogen-bond donors (Lipinski definition) is 1. The van der Waals surface area contributed by atoms with E-state index in [1.54, 1.807) is 30.2 Å². The average Bonchev–Trinajstić information content (AvgIpc) is 2.85. The number of benzene rings is 1. The fraction of sp³-hybridized carbons (Fsp3) is 0.467. The topological polar surface area (TPSA) is 61.9 Å². The molecule has 0 bridgehead atoms. The Kier molecular flexibility index (Phi) is 6.03. The van der Waals surface area contributed by atoms with Crippen LogP contribution < -0.4 is 10.2 Å². The zero-order chi connectivity index (χ0) is 15.9. The van der Waals surface area contributed by atoms with E-state index in [0.717, 1.165) is 12.1 Å². The number of halogens is 1. The smallest absolute Gasteiger partial charge is 0.325 e. The first kappa shape index (κ1) is 16.6. The molecule has 3 amide bonds. The van der Waals surface area contributed by atoms with Crippen LogP contribution in [0.3, 0.4) is 0 Å². The minimum atomic E-state index is -0.172. The number of ether oxygens (including phenoxy) is 1. The first-order chi connectivity index (χ1) is 10.6. The van der Waals surface area contributed by atoms with Gasteiger partial charge in [-0.3, -0.25) is 9.69 Å². The number of anilines is 1. The van der Waals surface area contributed by atoms with Gasteiger partial charge in [-0.15, -0.1) is 0 Å². The van der Waals surface area contributed by atoms with E-state index < -0.39 is 0 Å². The van der Waals surface area contributed by atoms with Crippen molar-refractivity contribution in [3.63, 3.8) is 0 Å². The molecule has 0 aromatic heterocycles. The molecule has 0 aliphatic carbocycles. The lowest BCUT2D eigenvalue weighted by Gasteiger charge is -2.18. The summed E-state index contributed by atoms with van der Waals surface area (Å²) in [6, 6.07) is 6.97. The zero-order valence-corrected chi connectivity index (χ0v) is 13.3. The van der Waals surface area contributed by atoms with Crippen molar-refractivity contribution < 1.29 is 14.3 Å². The number of urea groups is 1. The van der Waals surface area contributed by atoms with Crippen molar-refractivity contribution in [1.82, 2.24) is 10.2 Å². The van der Waals surface area contributed by atoms with Gasteiger partial charge in [-0.2, -0.15) is 0 Å². The molecular formula is C15H20ClN3O3. The fourth-order valence-corrected chi connectivity index (χ4v) is 2.47. The van der Waals surface area contributed by atoms with E-state index in [0.29, 0.717) is 31.3 Å². The van der Waals surface area contributed by atoms with Gasteiger partial charge < -0.3 is 15.0 Å². The summed E-state index contributed by atoms with van der Waals surface area (Å²) in [5.41, 5.74) is 0.750. The molecule has 1 heterocycles. The third kappa shape index (κ3) is 4.35. The molecule has 1 saturated heterocycles. The summed E-state index contributed by atoms with van der Waals surface area (Å²) in [6.07, 6.45) is 0.755. The summed E-state index contributed by atoms with van der Waals surface area (Å²) in [5.74, 6) is -0.155. The number of carbonyl (C=O) groups excluding carboxylic acids is 2. The molecule has 7 heteroatoms. The Labute approximate surface area is 135 Å². The Morgan fingerprint density at radius 3 is 2.95 bits per heavy atom. The number of amides is 3. The van der Waals surface area contributed by atoms with Crippen LogP contribution in [0.5, 0.6) is 0 Å². The standard InChI is InChI=1S/C15H20ClN3O3/c1-22-9-3-6-17-14(20)11-18-7-8-19(15(18)21)13-5-2-4-12(16)10-13/h2,4-5,10H,3,6-9,11H2,1H3,(H,17,20). The Bertz CT molecular complexity index is 539. The van der Waals surface area contributed by atoms with Crippen molar-refractivity contribution in [2.75, 3.05) is 44.8 Å². The van der Waals surface area contributed by atoms with Crippen LogP contribution in [0.25, 0.3) is 0 Å². The highest BCUT2D eigenvalue weighted by molar-refractivity contribution is 6.30. The van der Waals surface area contributed by atoms with Crippen LogP contribution in [0.15, 0.2) is 24.3 Å². The lowest BCUT2D eigenvalue weighted by molar-refractivity contribution is -0.121. The van der Waals surface area contributed by atoms with Crippen LogP contribution in [0.4, 0.5) is 10.5 Å². The quantitative estimate of drug-likeness (QED) is 0.777. The molecule has 22 heavy (non-hydrogen) atoms. The SMILES string of the molecule is COCCCNC(=O)CN1CCN(c2cccc(Cl)c2)C1=O. The van der Waals surface area contributed by atoms with Gasteiger partial charge in [0.05, 0.1) is 0 Å². The van der Waals surface area contributed by atoms with Gasteiger partial charge in [0.1, 0.15) is 6.54 Å². The average molecular weight is 326 g/mol. The first-order valence-corrected chi connectivity index (χ1v) is 7.57. The van der Waals surface area contributed by atoms with Crippen molar-refractivity contribution in [1.29, 1.82) is 0 Å². The van der Waals surface area contributed by atoms with Gasteiger partial charge in [0.2, 0.25) is 5.91 Å². The molecular weight excluding hydrogens is 306 g/mol. The highest BCUT2D eigenvalue weighted by Gasteiger charge is 2.30. The summed E-state index contributed by atoms with van der Waals surface area (Å²) < 4.78 is 4.91. The maximum absolute atomic E-state index is 12.3. The molecule has 0 spiro atoms. The molecule has 0 atom stereocenters. The third-order valence-corrected chi connectivity index (χ3v) is 3.63. The zero-order valence-electron chi connectivity index (χ0n) is 12.5. The monoisotopic (exact) mass is 325 g/mol. The maximum atomic E-state index is 12.3. The summed E-state index contributed by atoms with van der Waals surface area (Å²) in [5, 5.41) is 3.36. The second-order valence-corrected chi connectivity index (χ2v) is 5.47. The molecule has 1 aliphatic rings. The Morgan fingerprint density at radius 1 is 1.41 bits per heavy atom. The molecule has 0 saturated carbocycles. The Hall–Kier alpha value is -1.79. The molecule has 120 valence electrons.